The van der Waals surface area contributed by atoms with Gasteiger partial charge in [0, 0.05) is 6.54 Å². The van der Waals surface area contributed by atoms with Crippen LogP contribution in [0.15, 0.2) is 0 Å². The van der Waals surface area contributed by atoms with Gasteiger partial charge in [-0.05, 0) is 18.3 Å². The maximum atomic E-state index is 11.7. The fraction of sp³-hybridized carbons (Fsp3) is 0.867. The molecule has 1 aliphatic rings. The molecule has 0 bridgehead atoms. The zero-order valence-corrected chi connectivity index (χ0v) is 13.3. The van der Waals surface area contributed by atoms with E-state index in [4.69, 9.17) is 9.84 Å². The van der Waals surface area contributed by atoms with Gasteiger partial charge in [-0.25, -0.2) is 9.59 Å². The normalized spacial score (nSPS) is 18.0. The van der Waals surface area contributed by atoms with Gasteiger partial charge < -0.3 is 20.5 Å². The molecule has 1 rings (SSSR count). The fourth-order valence-corrected chi connectivity index (χ4v) is 2.45. The van der Waals surface area contributed by atoms with Crippen LogP contribution in [0, 0.1) is 5.41 Å². The SMILES string of the molecule is CC(C)(C)[C@@H](NC(=O)NCCOC1CCCCC1)C(=O)O. The van der Waals surface area contributed by atoms with E-state index >= 15 is 0 Å². The summed E-state index contributed by atoms with van der Waals surface area (Å²) >= 11 is 0. The van der Waals surface area contributed by atoms with Crippen LogP contribution >= 0.6 is 0 Å². The number of aliphatic carboxylic acids is 1. The van der Waals surface area contributed by atoms with Gasteiger partial charge in [-0.1, -0.05) is 40.0 Å². The molecule has 1 atom stereocenters. The van der Waals surface area contributed by atoms with E-state index in [1.54, 1.807) is 20.8 Å². The third-order valence-electron chi connectivity index (χ3n) is 3.68. The zero-order chi connectivity index (χ0) is 15.9. The number of carboxylic acids is 1. The van der Waals surface area contributed by atoms with Crippen LogP contribution in [-0.4, -0.2) is 42.4 Å². The lowest BCUT2D eigenvalue weighted by molar-refractivity contribution is -0.141. The summed E-state index contributed by atoms with van der Waals surface area (Å²) in [6.45, 7) is 6.18. The summed E-state index contributed by atoms with van der Waals surface area (Å²) in [7, 11) is 0. The molecular weight excluding hydrogens is 272 g/mol. The lowest BCUT2D eigenvalue weighted by Crippen LogP contribution is -2.52. The van der Waals surface area contributed by atoms with Gasteiger partial charge in [-0.2, -0.15) is 0 Å². The molecule has 0 radical (unpaired) electrons. The van der Waals surface area contributed by atoms with Crippen LogP contribution < -0.4 is 10.6 Å². The highest BCUT2D eigenvalue weighted by molar-refractivity contribution is 5.83. The highest BCUT2D eigenvalue weighted by Gasteiger charge is 2.32. The van der Waals surface area contributed by atoms with Gasteiger partial charge in [0.05, 0.1) is 12.7 Å². The van der Waals surface area contributed by atoms with Crippen molar-refractivity contribution in [1.82, 2.24) is 10.6 Å². The zero-order valence-electron chi connectivity index (χ0n) is 13.3. The first-order valence-corrected chi connectivity index (χ1v) is 7.69. The van der Waals surface area contributed by atoms with Crippen LogP contribution in [0.1, 0.15) is 52.9 Å². The molecule has 6 heteroatoms. The summed E-state index contributed by atoms with van der Waals surface area (Å²) in [5.74, 6) is -1.03. The Morgan fingerprint density at radius 1 is 1.24 bits per heavy atom. The Kier molecular flexibility index (Phi) is 6.95. The molecular formula is C15H28N2O4. The van der Waals surface area contributed by atoms with Gasteiger partial charge in [-0.3, -0.25) is 0 Å². The molecule has 1 saturated carbocycles. The van der Waals surface area contributed by atoms with E-state index in [0.717, 1.165) is 12.8 Å². The number of carbonyl (C=O) groups is 2. The predicted molar refractivity (Wildman–Crippen MR) is 80.2 cm³/mol. The number of rotatable bonds is 6. The molecule has 0 heterocycles. The Morgan fingerprint density at radius 2 is 1.86 bits per heavy atom. The van der Waals surface area contributed by atoms with Crippen molar-refractivity contribution in [3.05, 3.63) is 0 Å². The molecule has 0 unspecified atom stereocenters. The summed E-state index contributed by atoms with van der Waals surface area (Å²) < 4.78 is 5.69. The van der Waals surface area contributed by atoms with E-state index in [0.29, 0.717) is 19.3 Å². The van der Waals surface area contributed by atoms with Crippen LogP contribution in [0.4, 0.5) is 4.79 Å². The lowest BCUT2D eigenvalue weighted by Gasteiger charge is -2.27. The first kappa shape index (κ1) is 17.8. The number of hydrogen-bond acceptors (Lipinski definition) is 3. The number of urea groups is 1. The molecule has 0 saturated heterocycles. The van der Waals surface area contributed by atoms with Gasteiger partial charge in [0.2, 0.25) is 0 Å². The number of ether oxygens (including phenoxy) is 1. The Labute approximate surface area is 126 Å². The minimum absolute atomic E-state index is 0.310. The standard InChI is InChI=1S/C15H28N2O4/c1-15(2,3)12(13(18)19)17-14(20)16-9-10-21-11-7-5-4-6-8-11/h11-12H,4-10H2,1-3H3,(H,18,19)(H2,16,17,20)/t12-/m0/s1. The number of hydrogen-bond donors (Lipinski definition) is 3. The van der Waals surface area contributed by atoms with Crippen molar-refractivity contribution in [2.24, 2.45) is 5.41 Å². The summed E-state index contributed by atoms with van der Waals surface area (Å²) in [5, 5.41) is 14.3. The third-order valence-corrected chi connectivity index (χ3v) is 3.68. The molecule has 0 aromatic heterocycles. The molecule has 1 fully saturated rings. The van der Waals surface area contributed by atoms with Gasteiger partial charge in [0.15, 0.2) is 0 Å². The smallest absolute Gasteiger partial charge is 0.326 e. The second kappa shape index (κ2) is 8.22. The topological polar surface area (TPSA) is 87.7 Å². The van der Waals surface area contributed by atoms with E-state index in [-0.39, 0.29) is 0 Å². The molecule has 21 heavy (non-hydrogen) atoms. The minimum atomic E-state index is -1.03. The van der Waals surface area contributed by atoms with E-state index in [2.05, 4.69) is 10.6 Å². The number of carbonyl (C=O) groups excluding carboxylic acids is 1. The van der Waals surface area contributed by atoms with Crippen molar-refractivity contribution in [1.29, 1.82) is 0 Å². The monoisotopic (exact) mass is 300 g/mol. The first-order valence-electron chi connectivity index (χ1n) is 7.69. The van der Waals surface area contributed by atoms with Crippen molar-refractivity contribution in [2.45, 2.75) is 65.0 Å². The van der Waals surface area contributed by atoms with E-state index in [1.807, 2.05) is 0 Å². The van der Waals surface area contributed by atoms with Crippen molar-refractivity contribution < 1.29 is 19.4 Å². The molecule has 0 aliphatic heterocycles. The number of nitrogens with one attached hydrogen (secondary N) is 2. The van der Waals surface area contributed by atoms with Crippen molar-refractivity contribution in [3.8, 4) is 0 Å². The molecule has 122 valence electrons. The molecule has 0 aromatic carbocycles. The lowest BCUT2D eigenvalue weighted by atomic mass is 9.87. The maximum absolute atomic E-state index is 11.7. The summed E-state index contributed by atoms with van der Waals surface area (Å²) in [5.41, 5.74) is -0.540. The largest absolute Gasteiger partial charge is 0.480 e. The average molecular weight is 300 g/mol. The van der Waals surface area contributed by atoms with Gasteiger partial charge in [-0.15, -0.1) is 0 Å². The molecule has 0 spiro atoms. The maximum Gasteiger partial charge on any atom is 0.326 e. The van der Waals surface area contributed by atoms with E-state index < -0.39 is 23.5 Å². The van der Waals surface area contributed by atoms with Crippen molar-refractivity contribution in [2.75, 3.05) is 13.2 Å². The summed E-state index contributed by atoms with van der Waals surface area (Å²) in [4.78, 5) is 22.9. The van der Waals surface area contributed by atoms with Crippen molar-refractivity contribution >= 4 is 12.0 Å². The van der Waals surface area contributed by atoms with E-state index in [9.17, 15) is 9.59 Å². The Morgan fingerprint density at radius 3 is 2.38 bits per heavy atom. The first-order chi connectivity index (χ1) is 9.80. The molecule has 6 nitrogen and oxygen atoms in total. The van der Waals surface area contributed by atoms with Gasteiger partial charge in [0.25, 0.3) is 0 Å². The van der Waals surface area contributed by atoms with Crippen LogP contribution in [0.25, 0.3) is 0 Å². The summed E-state index contributed by atoms with van der Waals surface area (Å²) in [6, 6.07) is -1.39. The third kappa shape index (κ3) is 6.80. The number of carboxylic acid groups (broad SMARTS) is 1. The molecule has 2 amide bonds. The van der Waals surface area contributed by atoms with Crippen LogP contribution in [0.3, 0.4) is 0 Å². The minimum Gasteiger partial charge on any atom is -0.480 e. The van der Waals surface area contributed by atoms with Crippen LogP contribution in [0.5, 0.6) is 0 Å². The second-order valence-corrected chi connectivity index (χ2v) is 6.67. The average Bonchev–Trinajstić information content (AvgIpc) is 2.40. The van der Waals surface area contributed by atoms with Crippen LogP contribution in [-0.2, 0) is 9.53 Å². The highest BCUT2D eigenvalue weighted by atomic mass is 16.5. The van der Waals surface area contributed by atoms with E-state index in [1.165, 1.54) is 19.3 Å². The van der Waals surface area contributed by atoms with Gasteiger partial charge in [0.1, 0.15) is 6.04 Å². The number of amides is 2. The molecule has 3 N–H and O–H groups in total. The Bertz CT molecular complexity index is 346. The summed E-state index contributed by atoms with van der Waals surface area (Å²) in [6.07, 6.45) is 6.21. The quantitative estimate of drug-likeness (QED) is 0.656. The highest BCUT2D eigenvalue weighted by Crippen LogP contribution is 2.20. The molecule has 0 aromatic rings. The van der Waals surface area contributed by atoms with Crippen molar-refractivity contribution in [3.63, 3.8) is 0 Å². The fourth-order valence-electron chi connectivity index (χ4n) is 2.45. The Hall–Kier alpha value is -1.30. The van der Waals surface area contributed by atoms with Crippen LogP contribution in [0.2, 0.25) is 0 Å². The molecule has 1 aliphatic carbocycles. The predicted octanol–water partition coefficient (Wildman–Crippen LogP) is 2.13. The Balaban J connectivity index is 2.22. The van der Waals surface area contributed by atoms with Gasteiger partial charge >= 0.3 is 12.0 Å². The second-order valence-electron chi connectivity index (χ2n) is 6.67.